The van der Waals surface area contributed by atoms with Crippen LogP contribution in [0.15, 0.2) is 24.3 Å². The van der Waals surface area contributed by atoms with Crippen molar-refractivity contribution >= 4 is 18.4 Å². The zero-order chi connectivity index (χ0) is 16.6. The lowest BCUT2D eigenvalue weighted by molar-refractivity contribution is -0.149. The number of aliphatic carboxylic acids is 1. The second-order valence-corrected chi connectivity index (χ2v) is 6.60. The largest absolute Gasteiger partial charge is 0.481 e. The van der Waals surface area contributed by atoms with Gasteiger partial charge < -0.3 is 9.84 Å². The molecule has 1 N–H and O–H groups in total. The van der Waals surface area contributed by atoms with E-state index in [0.717, 1.165) is 31.4 Å². The third-order valence-corrected chi connectivity index (χ3v) is 5.46. The number of alkyl halides is 2. The third-order valence-electron chi connectivity index (χ3n) is 5.46. The Morgan fingerprint density at radius 2 is 2.04 bits per heavy atom. The maximum Gasteiger partial charge on any atom is 0.387 e. The topological polar surface area (TPSA) is 49.8 Å². The predicted molar refractivity (Wildman–Crippen MR) is 87.7 cm³/mol. The van der Waals surface area contributed by atoms with Crippen LogP contribution in [0.4, 0.5) is 8.78 Å². The summed E-state index contributed by atoms with van der Waals surface area (Å²) in [7, 11) is 0. The number of likely N-dealkylation sites (tertiary alicyclic amines) is 1. The molecule has 134 valence electrons. The van der Waals surface area contributed by atoms with Crippen molar-refractivity contribution < 1.29 is 23.4 Å². The van der Waals surface area contributed by atoms with Crippen molar-refractivity contribution in [3.63, 3.8) is 0 Å². The highest BCUT2D eigenvalue weighted by Crippen LogP contribution is 2.50. The van der Waals surface area contributed by atoms with Gasteiger partial charge in [0, 0.05) is 19.1 Å². The number of ether oxygens (including phenoxy) is 1. The van der Waals surface area contributed by atoms with Crippen LogP contribution in [0.25, 0.3) is 0 Å². The van der Waals surface area contributed by atoms with Gasteiger partial charge in [0.1, 0.15) is 5.75 Å². The summed E-state index contributed by atoms with van der Waals surface area (Å²) >= 11 is 0. The number of carboxylic acid groups (broad SMARTS) is 1. The van der Waals surface area contributed by atoms with Crippen molar-refractivity contribution in [1.29, 1.82) is 0 Å². The Labute approximate surface area is 146 Å². The number of hydrogen-bond acceptors (Lipinski definition) is 3. The Hall–Kier alpha value is -1.40. The molecule has 0 radical (unpaired) electrons. The molecule has 1 saturated carbocycles. The van der Waals surface area contributed by atoms with Gasteiger partial charge in [0.15, 0.2) is 0 Å². The number of nitrogens with zero attached hydrogens (tertiary/aromatic N) is 1. The predicted octanol–water partition coefficient (Wildman–Crippen LogP) is 3.96. The van der Waals surface area contributed by atoms with E-state index >= 15 is 0 Å². The fraction of sp³-hybridized carbons (Fsp3) is 0.588. The number of rotatable bonds is 5. The van der Waals surface area contributed by atoms with Crippen LogP contribution in [0.1, 0.15) is 37.8 Å². The molecule has 3 rings (SSSR count). The lowest BCUT2D eigenvalue weighted by Gasteiger charge is -2.27. The second-order valence-electron chi connectivity index (χ2n) is 6.60. The van der Waals surface area contributed by atoms with E-state index in [1.165, 1.54) is 12.1 Å². The van der Waals surface area contributed by atoms with E-state index < -0.39 is 18.0 Å². The van der Waals surface area contributed by atoms with Crippen LogP contribution in [0, 0.1) is 11.3 Å². The van der Waals surface area contributed by atoms with Gasteiger partial charge in [-0.05, 0) is 43.4 Å². The van der Waals surface area contributed by atoms with Gasteiger partial charge in [0.2, 0.25) is 0 Å². The van der Waals surface area contributed by atoms with Gasteiger partial charge in [0.05, 0.1) is 5.41 Å². The normalized spacial score (nSPS) is 27.6. The summed E-state index contributed by atoms with van der Waals surface area (Å²) in [6, 6.07) is 6.65. The summed E-state index contributed by atoms with van der Waals surface area (Å²) in [5, 5.41) is 9.65. The molecule has 3 atom stereocenters. The van der Waals surface area contributed by atoms with E-state index in [1.807, 2.05) is 6.92 Å². The molecular weight excluding hydrogens is 340 g/mol. The number of fused-ring (bicyclic) bond motifs is 1. The van der Waals surface area contributed by atoms with E-state index in [2.05, 4.69) is 9.64 Å². The van der Waals surface area contributed by atoms with Gasteiger partial charge >= 0.3 is 12.6 Å². The highest BCUT2D eigenvalue weighted by molar-refractivity contribution is 5.85. The van der Waals surface area contributed by atoms with Crippen molar-refractivity contribution in [2.45, 2.75) is 38.8 Å². The SMILES string of the molecule is CC(c1ccc(OC(F)F)cc1)N1C[C@@H]2CCC[C@@]2(C(=O)O)C1.Cl. The van der Waals surface area contributed by atoms with Crippen LogP contribution < -0.4 is 4.74 Å². The van der Waals surface area contributed by atoms with Gasteiger partial charge in [0.25, 0.3) is 0 Å². The summed E-state index contributed by atoms with van der Waals surface area (Å²) < 4.78 is 28.7. The van der Waals surface area contributed by atoms with E-state index in [0.29, 0.717) is 6.54 Å². The fourth-order valence-corrected chi connectivity index (χ4v) is 4.11. The molecule has 1 aromatic rings. The molecule has 1 saturated heterocycles. The quantitative estimate of drug-likeness (QED) is 0.862. The molecule has 7 heteroatoms. The highest BCUT2D eigenvalue weighted by Gasteiger charge is 2.55. The molecule has 2 aliphatic rings. The lowest BCUT2D eigenvalue weighted by Crippen LogP contribution is -2.36. The number of carbonyl (C=O) groups is 1. The van der Waals surface area contributed by atoms with E-state index in [9.17, 15) is 18.7 Å². The van der Waals surface area contributed by atoms with Crippen molar-refractivity contribution in [2.24, 2.45) is 11.3 Å². The standard InChI is InChI=1S/C17H21F2NO3.ClH/c1-11(12-4-6-14(7-5-12)23-16(18)19)20-9-13-3-2-8-17(13,10-20)15(21)22;/h4-7,11,13,16H,2-3,8-10H2,1H3,(H,21,22);1H/t11?,13-,17+;/m0./s1. The number of carboxylic acids is 1. The minimum atomic E-state index is -2.83. The Morgan fingerprint density at radius 1 is 1.38 bits per heavy atom. The molecule has 0 spiro atoms. The molecule has 1 heterocycles. The van der Waals surface area contributed by atoms with Crippen molar-refractivity contribution in [2.75, 3.05) is 13.1 Å². The summed E-state index contributed by atoms with van der Waals surface area (Å²) in [4.78, 5) is 13.9. The first-order valence-electron chi connectivity index (χ1n) is 7.94. The Kier molecular flexibility index (Phi) is 5.71. The maximum atomic E-state index is 12.2. The minimum absolute atomic E-state index is 0. The first-order chi connectivity index (χ1) is 10.9. The number of benzene rings is 1. The smallest absolute Gasteiger partial charge is 0.387 e. The molecule has 24 heavy (non-hydrogen) atoms. The zero-order valence-corrected chi connectivity index (χ0v) is 14.3. The van der Waals surface area contributed by atoms with Gasteiger partial charge in [-0.2, -0.15) is 8.78 Å². The van der Waals surface area contributed by atoms with Crippen LogP contribution in [-0.4, -0.2) is 35.7 Å². The summed E-state index contributed by atoms with van der Waals surface area (Å²) in [6.07, 6.45) is 2.70. The first kappa shape index (κ1) is 18.9. The van der Waals surface area contributed by atoms with E-state index in [4.69, 9.17) is 0 Å². The molecule has 2 fully saturated rings. The van der Waals surface area contributed by atoms with Crippen molar-refractivity contribution in [1.82, 2.24) is 4.90 Å². The van der Waals surface area contributed by atoms with Gasteiger partial charge in [-0.15, -0.1) is 12.4 Å². The van der Waals surface area contributed by atoms with Crippen molar-refractivity contribution in [3.05, 3.63) is 29.8 Å². The summed E-state index contributed by atoms with van der Waals surface area (Å²) in [5.74, 6) is -0.337. The number of hydrogen-bond donors (Lipinski definition) is 1. The molecule has 0 bridgehead atoms. The molecule has 1 aliphatic carbocycles. The molecular formula is C17H22ClF2NO3. The summed E-state index contributed by atoms with van der Waals surface area (Å²) in [5.41, 5.74) is 0.375. The molecule has 0 amide bonds. The molecule has 4 nitrogen and oxygen atoms in total. The maximum absolute atomic E-state index is 12.2. The lowest BCUT2D eigenvalue weighted by atomic mass is 9.81. The fourth-order valence-electron chi connectivity index (χ4n) is 4.11. The van der Waals surface area contributed by atoms with Crippen LogP contribution in [-0.2, 0) is 4.79 Å². The van der Waals surface area contributed by atoms with Crippen molar-refractivity contribution in [3.8, 4) is 5.75 Å². The Bertz CT molecular complexity index is 584. The second kappa shape index (κ2) is 7.23. The molecule has 1 unspecified atom stereocenters. The Balaban J connectivity index is 0.00000208. The average molecular weight is 362 g/mol. The van der Waals surface area contributed by atoms with Gasteiger partial charge in [-0.1, -0.05) is 18.6 Å². The van der Waals surface area contributed by atoms with Crippen LogP contribution in [0.5, 0.6) is 5.75 Å². The first-order valence-corrected chi connectivity index (χ1v) is 7.94. The zero-order valence-electron chi connectivity index (χ0n) is 13.5. The number of halogens is 3. The van der Waals surface area contributed by atoms with Gasteiger partial charge in [-0.3, -0.25) is 9.69 Å². The molecule has 1 aromatic carbocycles. The summed E-state index contributed by atoms with van der Waals surface area (Å²) in [6.45, 7) is 0.540. The van der Waals surface area contributed by atoms with Crippen LogP contribution in [0.2, 0.25) is 0 Å². The molecule has 1 aliphatic heterocycles. The molecule has 0 aromatic heterocycles. The third kappa shape index (κ3) is 3.35. The van der Waals surface area contributed by atoms with Crippen LogP contribution >= 0.6 is 12.4 Å². The van der Waals surface area contributed by atoms with E-state index in [-0.39, 0.29) is 30.1 Å². The Morgan fingerprint density at radius 3 is 2.58 bits per heavy atom. The highest BCUT2D eigenvalue weighted by atomic mass is 35.5. The minimum Gasteiger partial charge on any atom is -0.481 e. The van der Waals surface area contributed by atoms with Gasteiger partial charge in [-0.25, -0.2) is 0 Å². The monoisotopic (exact) mass is 361 g/mol. The van der Waals surface area contributed by atoms with Crippen LogP contribution in [0.3, 0.4) is 0 Å². The average Bonchev–Trinajstić information content (AvgIpc) is 3.04. The van der Waals surface area contributed by atoms with E-state index in [1.54, 1.807) is 12.1 Å².